The van der Waals surface area contributed by atoms with Gasteiger partial charge in [-0.2, -0.15) is 5.26 Å². The van der Waals surface area contributed by atoms with Crippen LogP contribution in [0, 0.1) is 28.9 Å². The molecule has 2 aliphatic heterocycles. The predicted molar refractivity (Wildman–Crippen MR) is 131 cm³/mol. The minimum Gasteiger partial charge on any atom is -0.325 e. The minimum atomic E-state index is -1.19. The first-order valence-corrected chi connectivity index (χ1v) is 12.3. The van der Waals surface area contributed by atoms with Crippen LogP contribution in [0.3, 0.4) is 0 Å². The van der Waals surface area contributed by atoms with Crippen LogP contribution >= 0.6 is 0 Å². The number of nitrogens with zero attached hydrogens (tertiary/aromatic N) is 3. The van der Waals surface area contributed by atoms with Gasteiger partial charge in [0, 0.05) is 37.5 Å². The number of carbonyl (C=O) groups is 4. The fourth-order valence-corrected chi connectivity index (χ4v) is 5.33. The van der Waals surface area contributed by atoms with E-state index in [-0.39, 0.29) is 30.5 Å². The molecule has 4 amide bonds. The van der Waals surface area contributed by atoms with Crippen LogP contribution in [0.1, 0.15) is 31.2 Å². The Morgan fingerprint density at radius 2 is 1.95 bits per heavy atom. The number of para-hydroxylation sites is 1. The van der Waals surface area contributed by atoms with E-state index in [0.717, 1.165) is 41.5 Å². The summed E-state index contributed by atoms with van der Waals surface area (Å²) in [4.78, 5) is 55.0. The number of carbonyl (C=O) groups excluding carboxylic acids is 4. The van der Waals surface area contributed by atoms with E-state index in [0.29, 0.717) is 12.1 Å². The number of hydrogen-bond acceptors (Lipinski definition) is 5. The lowest BCUT2D eigenvalue weighted by Crippen LogP contribution is -2.53. The number of hydrogen-bond donors (Lipinski definition) is 2. The van der Waals surface area contributed by atoms with Gasteiger partial charge in [-0.25, -0.2) is 8.78 Å². The van der Waals surface area contributed by atoms with Gasteiger partial charge in [0.2, 0.25) is 11.8 Å². The maximum Gasteiger partial charge on any atom is 0.313 e. The van der Waals surface area contributed by atoms with Crippen molar-refractivity contribution in [2.45, 2.75) is 43.2 Å². The zero-order valence-electron chi connectivity index (χ0n) is 20.5. The molecule has 1 spiro atoms. The lowest BCUT2D eigenvalue weighted by atomic mass is 9.80. The molecule has 1 saturated carbocycles. The Morgan fingerprint density at radius 1 is 1.21 bits per heavy atom. The summed E-state index contributed by atoms with van der Waals surface area (Å²) < 4.78 is 26.8. The molecule has 9 nitrogen and oxygen atoms in total. The Hall–Kier alpha value is -4.33. The van der Waals surface area contributed by atoms with E-state index in [9.17, 15) is 33.2 Å². The summed E-state index contributed by atoms with van der Waals surface area (Å²) in [5.41, 5.74) is 0.162. The van der Waals surface area contributed by atoms with Crippen molar-refractivity contribution in [1.29, 1.82) is 5.26 Å². The molecule has 0 radical (unpaired) electrons. The van der Waals surface area contributed by atoms with Gasteiger partial charge in [-0.15, -0.1) is 0 Å². The molecule has 2 heterocycles. The summed E-state index contributed by atoms with van der Waals surface area (Å²) in [7, 11) is 1.32. The van der Waals surface area contributed by atoms with Gasteiger partial charge in [-0.05, 0) is 36.1 Å². The van der Waals surface area contributed by atoms with E-state index < -0.39 is 46.9 Å². The Kier molecular flexibility index (Phi) is 6.34. The second-order valence-corrected chi connectivity index (χ2v) is 10.1. The average Bonchev–Trinajstić information content (AvgIpc) is 3.58. The van der Waals surface area contributed by atoms with Gasteiger partial charge >= 0.3 is 11.8 Å². The van der Waals surface area contributed by atoms with Gasteiger partial charge in [-0.1, -0.05) is 31.0 Å². The quantitative estimate of drug-likeness (QED) is 0.586. The number of rotatable bonds is 5. The van der Waals surface area contributed by atoms with Crippen LogP contribution in [-0.4, -0.2) is 59.1 Å². The molecule has 3 atom stereocenters. The Balaban J connectivity index is 1.38. The first kappa shape index (κ1) is 25.3. The maximum absolute atomic E-state index is 13.9. The molecule has 0 unspecified atom stereocenters. The number of benzene rings is 2. The summed E-state index contributed by atoms with van der Waals surface area (Å²) in [6.07, 6.45) is 2.15. The molecular formula is C27H25F2N5O4. The first-order valence-electron chi connectivity index (χ1n) is 12.3. The van der Waals surface area contributed by atoms with Gasteiger partial charge in [0.1, 0.15) is 12.1 Å². The van der Waals surface area contributed by atoms with Gasteiger partial charge in [0.05, 0.1) is 11.5 Å². The number of fused-ring (bicyclic) bond motifs is 2. The van der Waals surface area contributed by atoms with Gasteiger partial charge in [-0.3, -0.25) is 19.2 Å². The summed E-state index contributed by atoms with van der Waals surface area (Å²) >= 11 is 0. The van der Waals surface area contributed by atoms with Crippen molar-refractivity contribution in [3.05, 3.63) is 59.7 Å². The summed E-state index contributed by atoms with van der Waals surface area (Å²) in [6, 6.07) is 10.0. The van der Waals surface area contributed by atoms with E-state index in [4.69, 9.17) is 0 Å². The fourth-order valence-electron chi connectivity index (χ4n) is 5.33. The molecule has 5 rings (SSSR count). The molecular weight excluding hydrogens is 496 g/mol. The first-order chi connectivity index (χ1) is 18.1. The SMILES string of the molecule is CN(C(=O)C(=O)Nc1ccc(F)c(F)c1)[C@@H](CC1CC1)C(=O)N1C[C@]2(C[C@H]1C#N)C(=O)Nc1ccccc12. The van der Waals surface area contributed by atoms with Crippen molar-refractivity contribution in [3.8, 4) is 6.07 Å². The highest BCUT2D eigenvalue weighted by Gasteiger charge is 2.57. The maximum atomic E-state index is 13.9. The van der Waals surface area contributed by atoms with Crippen LogP contribution in [-0.2, 0) is 24.6 Å². The van der Waals surface area contributed by atoms with E-state index in [1.54, 1.807) is 24.3 Å². The molecule has 0 aromatic heterocycles. The molecule has 196 valence electrons. The van der Waals surface area contributed by atoms with E-state index in [2.05, 4.69) is 16.7 Å². The van der Waals surface area contributed by atoms with Crippen molar-refractivity contribution in [1.82, 2.24) is 9.80 Å². The number of amides is 4. The highest BCUT2D eigenvalue weighted by molar-refractivity contribution is 6.39. The van der Waals surface area contributed by atoms with Crippen LogP contribution in [0.2, 0.25) is 0 Å². The Bertz CT molecular complexity index is 1390. The molecule has 2 N–H and O–H groups in total. The van der Waals surface area contributed by atoms with Crippen molar-refractivity contribution >= 4 is 35.0 Å². The molecule has 11 heteroatoms. The van der Waals surface area contributed by atoms with E-state index in [1.165, 1.54) is 11.9 Å². The second-order valence-electron chi connectivity index (χ2n) is 10.1. The standard InChI is InChI=1S/C27H25F2N5O4/c1-33(25(37)23(35)31-16-8-9-19(28)20(29)11-16)22(10-15-6-7-15)24(36)34-14-27(12-17(34)13-30)18-4-2-3-5-21(18)32-26(27)38/h2-5,8-9,11,15,17,22H,6-7,10,12,14H2,1H3,(H,31,35)(H,32,38)/t17-,22-,27-/m0/s1. The van der Waals surface area contributed by atoms with Crippen LogP contribution in [0.5, 0.6) is 0 Å². The molecule has 2 aromatic carbocycles. The van der Waals surface area contributed by atoms with Crippen LogP contribution < -0.4 is 10.6 Å². The van der Waals surface area contributed by atoms with Crippen LogP contribution in [0.4, 0.5) is 20.2 Å². The number of anilines is 2. The van der Waals surface area contributed by atoms with Crippen molar-refractivity contribution in [2.75, 3.05) is 24.2 Å². The molecule has 0 bridgehead atoms. The fraction of sp³-hybridized carbons (Fsp3) is 0.370. The van der Waals surface area contributed by atoms with Crippen LogP contribution in [0.25, 0.3) is 0 Å². The average molecular weight is 522 g/mol. The van der Waals surface area contributed by atoms with Crippen molar-refractivity contribution < 1.29 is 28.0 Å². The molecule has 38 heavy (non-hydrogen) atoms. The molecule has 1 saturated heterocycles. The largest absolute Gasteiger partial charge is 0.325 e. The lowest BCUT2D eigenvalue weighted by molar-refractivity contribution is -0.149. The van der Waals surface area contributed by atoms with Crippen molar-refractivity contribution in [2.24, 2.45) is 5.92 Å². The van der Waals surface area contributed by atoms with E-state index >= 15 is 0 Å². The smallest absolute Gasteiger partial charge is 0.313 e. The van der Waals surface area contributed by atoms with E-state index in [1.807, 2.05) is 0 Å². The normalized spacial score (nSPS) is 22.4. The number of nitrogens with one attached hydrogen (secondary N) is 2. The van der Waals surface area contributed by atoms with Gasteiger partial charge in [0.15, 0.2) is 11.6 Å². The zero-order chi connectivity index (χ0) is 27.2. The number of likely N-dealkylation sites (N-methyl/N-ethyl adjacent to an activating group) is 1. The van der Waals surface area contributed by atoms with Gasteiger partial charge < -0.3 is 20.4 Å². The summed E-state index contributed by atoms with van der Waals surface area (Å²) in [5.74, 6) is -5.08. The Labute approximate surface area is 217 Å². The highest BCUT2D eigenvalue weighted by Crippen LogP contribution is 2.46. The zero-order valence-corrected chi connectivity index (χ0v) is 20.5. The third-order valence-corrected chi connectivity index (χ3v) is 7.61. The minimum absolute atomic E-state index is 0.0306. The molecule has 1 aliphatic carbocycles. The third-order valence-electron chi connectivity index (χ3n) is 7.61. The second kappa shape index (κ2) is 9.52. The van der Waals surface area contributed by atoms with Crippen LogP contribution in [0.15, 0.2) is 42.5 Å². The number of likely N-dealkylation sites (tertiary alicyclic amines) is 1. The predicted octanol–water partition coefficient (Wildman–Crippen LogP) is 2.54. The number of halogens is 2. The monoisotopic (exact) mass is 521 g/mol. The third kappa shape index (κ3) is 4.36. The summed E-state index contributed by atoms with van der Waals surface area (Å²) in [6.45, 7) is -0.0306. The summed E-state index contributed by atoms with van der Waals surface area (Å²) in [5, 5.41) is 15.0. The topological polar surface area (TPSA) is 123 Å². The lowest BCUT2D eigenvalue weighted by Gasteiger charge is -2.32. The molecule has 2 aromatic rings. The van der Waals surface area contributed by atoms with Crippen molar-refractivity contribution in [3.63, 3.8) is 0 Å². The molecule has 2 fully saturated rings. The molecule has 3 aliphatic rings. The number of nitriles is 1. The van der Waals surface area contributed by atoms with Gasteiger partial charge in [0.25, 0.3) is 0 Å². The Morgan fingerprint density at radius 3 is 2.63 bits per heavy atom. The highest BCUT2D eigenvalue weighted by atomic mass is 19.2.